The molecule has 0 N–H and O–H groups in total. The van der Waals surface area contributed by atoms with Crippen molar-refractivity contribution in [2.24, 2.45) is 0 Å². The summed E-state index contributed by atoms with van der Waals surface area (Å²) in [6.45, 7) is 6.27. The summed E-state index contributed by atoms with van der Waals surface area (Å²) in [7, 11) is -0.556. The lowest BCUT2D eigenvalue weighted by Gasteiger charge is -2.28. The molecule has 0 spiro atoms. The van der Waals surface area contributed by atoms with E-state index in [-0.39, 0.29) is 16.8 Å². The smallest absolute Gasteiger partial charge is 0.254 e. The van der Waals surface area contributed by atoms with E-state index in [4.69, 9.17) is 0 Å². The summed E-state index contributed by atoms with van der Waals surface area (Å²) in [5.74, 6) is -0.0669. The number of amides is 1. The number of aryl methyl sites for hydroxylation is 1. The molecule has 1 amide bonds. The standard InChI is InChI=1S/C18H28N2O3S/c1-6-20(16-9-7-8-10-16)18(21)15-11-13(2)14(3)17(12-15)24(22,23)19(4)5/h11-12,16H,6-10H2,1-5H3. The van der Waals surface area contributed by atoms with E-state index in [0.29, 0.717) is 17.7 Å². The number of carbonyl (C=O) groups excluding carboxylic acids is 1. The number of benzene rings is 1. The van der Waals surface area contributed by atoms with Crippen molar-refractivity contribution in [2.75, 3.05) is 20.6 Å². The van der Waals surface area contributed by atoms with Gasteiger partial charge >= 0.3 is 0 Å². The van der Waals surface area contributed by atoms with Gasteiger partial charge in [0, 0.05) is 32.2 Å². The van der Waals surface area contributed by atoms with E-state index in [1.165, 1.54) is 24.5 Å². The molecule has 0 unspecified atom stereocenters. The van der Waals surface area contributed by atoms with Crippen molar-refractivity contribution in [3.63, 3.8) is 0 Å². The Kier molecular flexibility index (Phi) is 5.71. The van der Waals surface area contributed by atoms with E-state index in [1.54, 1.807) is 6.92 Å². The SMILES string of the molecule is CCN(C(=O)c1cc(C)c(C)c(S(=O)(=O)N(C)C)c1)C1CCCC1. The maximum atomic E-state index is 13.0. The van der Waals surface area contributed by atoms with Gasteiger partial charge in [-0.3, -0.25) is 4.79 Å². The Bertz CT molecular complexity index is 720. The minimum atomic E-state index is -3.57. The highest BCUT2D eigenvalue weighted by Gasteiger charge is 2.28. The van der Waals surface area contributed by atoms with E-state index in [2.05, 4.69) is 0 Å². The topological polar surface area (TPSA) is 57.7 Å². The Hall–Kier alpha value is -1.40. The fourth-order valence-corrected chi connectivity index (χ4v) is 4.58. The summed E-state index contributed by atoms with van der Waals surface area (Å²) in [4.78, 5) is 15.1. The van der Waals surface area contributed by atoms with Crippen LogP contribution in [0.25, 0.3) is 0 Å². The largest absolute Gasteiger partial charge is 0.336 e. The van der Waals surface area contributed by atoms with E-state index >= 15 is 0 Å². The number of hydrogen-bond acceptors (Lipinski definition) is 3. The van der Waals surface area contributed by atoms with Gasteiger partial charge in [-0.15, -0.1) is 0 Å². The molecule has 6 heteroatoms. The first kappa shape index (κ1) is 18.9. The number of carbonyl (C=O) groups is 1. The summed E-state index contributed by atoms with van der Waals surface area (Å²) in [5.41, 5.74) is 1.99. The molecule has 1 fully saturated rings. The van der Waals surface area contributed by atoms with Crippen LogP contribution in [0, 0.1) is 13.8 Å². The molecule has 0 saturated heterocycles. The Labute approximate surface area is 145 Å². The summed E-state index contributed by atoms with van der Waals surface area (Å²) >= 11 is 0. The average Bonchev–Trinajstić information content (AvgIpc) is 3.04. The predicted molar refractivity (Wildman–Crippen MR) is 95.8 cm³/mol. The van der Waals surface area contributed by atoms with Gasteiger partial charge in [0.25, 0.3) is 5.91 Å². The zero-order valence-corrected chi connectivity index (χ0v) is 16.1. The normalized spacial score (nSPS) is 15.9. The third-order valence-corrected chi connectivity index (χ3v) is 6.93. The molecule has 0 heterocycles. The molecule has 0 atom stereocenters. The number of hydrogen-bond donors (Lipinski definition) is 0. The fraction of sp³-hybridized carbons (Fsp3) is 0.611. The molecule has 24 heavy (non-hydrogen) atoms. The summed E-state index contributed by atoms with van der Waals surface area (Å²) in [6, 6.07) is 3.62. The minimum Gasteiger partial charge on any atom is -0.336 e. The van der Waals surface area contributed by atoms with Crippen LogP contribution in [-0.2, 0) is 10.0 Å². The average molecular weight is 353 g/mol. The molecule has 1 aliphatic rings. The van der Waals surface area contributed by atoms with E-state index in [9.17, 15) is 13.2 Å². The highest BCUT2D eigenvalue weighted by atomic mass is 32.2. The van der Waals surface area contributed by atoms with Gasteiger partial charge in [0.2, 0.25) is 10.0 Å². The van der Waals surface area contributed by atoms with Crippen LogP contribution in [0.5, 0.6) is 0 Å². The zero-order chi connectivity index (χ0) is 18.1. The van der Waals surface area contributed by atoms with Crippen molar-refractivity contribution in [1.82, 2.24) is 9.21 Å². The van der Waals surface area contributed by atoms with Crippen molar-refractivity contribution in [1.29, 1.82) is 0 Å². The van der Waals surface area contributed by atoms with Crippen molar-refractivity contribution in [3.8, 4) is 0 Å². The van der Waals surface area contributed by atoms with E-state index in [0.717, 1.165) is 31.2 Å². The maximum Gasteiger partial charge on any atom is 0.254 e. The molecule has 0 bridgehead atoms. The van der Waals surface area contributed by atoms with Crippen LogP contribution in [0.1, 0.15) is 54.1 Å². The highest BCUT2D eigenvalue weighted by molar-refractivity contribution is 7.89. The first-order valence-corrected chi connectivity index (χ1v) is 9.98. The second-order valence-electron chi connectivity index (χ2n) is 6.73. The lowest BCUT2D eigenvalue weighted by Crippen LogP contribution is -2.38. The molecule has 2 rings (SSSR count). The number of nitrogens with zero attached hydrogens (tertiary/aromatic N) is 2. The summed E-state index contributed by atoms with van der Waals surface area (Å²) < 4.78 is 26.3. The van der Waals surface area contributed by atoms with Gasteiger partial charge in [0.05, 0.1) is 4.90 Å². The third-order valence-electron chi connectivity index (χ3n) is 4.99. The van der Waals surface area contributed by atoms with Gasteiger partial charge in [-0.05, 0) is 56.9 Å². The van der Waals surface area contributed by atoms with E-state index < -0.39 is 10.0 Å². The lowest BCUT2D eigenvalue weighted by molar-refractivity contribution is 0.0693. The van der Waals surface area contributed by atoms with E-state index in [1.807, 2.05) is 24.8 Å². The molecule has 134 valence electrons. The monoisotopic (exact) mass is 352 g/mol. The quantitative estimate of drug-likeness (QED) is 0.818. The van der Waals surface area contributed by atoms with Crippen LogP contribution in [0.15, 0.2) is 17.0 Å². The van der Waals surface area contributed by atoms with Crippen LogP contribution in [-0.4, -0.2) is 50.2 Å². The van der Waals surface area contributed by atoms with Gasteiger partial charge in [-0.1, -0.05) is 12.8 Å². The second-order valence-corrected chi connectivity index (χ2v) is 8.85. The van der Waals surface area contributed by atoms with Crippen molar-refractivity contribution in [2.45, 2.75) is 57.4 Å². The van der Waals surface area contributed by atoms with Crippen LogP contribution >= 0.6 is 0 Å². The Morgan fingerprint density at radius 2 is 1.75 bits per heavy atom. The minimum absolute atomic E-state index is 0.0669. The Morgan fingerprint density at radius 1 is 1.17 bits per heavy atom. The zero-order valence-electron chi connectivity index (χ0n) is 15.3. The van der Waals surface area contributed by atoms with Crippen LogP contribution in [0.3, 0.4) is 0 Å². The fourth-order valence-electron chi connectivity index (χ4n) is 3.36. The van der Waals surface area contributed by atoms with Gasteiger partial charge < -0.3 is 4.90 Å². The molecule has 1 saturated carbocycles. The van der Waals surface area contributed by atoms with Gasteiger partial charge in [-0.25, -0.2) is 12.7 Å². The van der Waals surface area contributed by atoms with Gasteiger partial charge in [0.15, 0.2) is 0 Å². The third kappa shape index (κ3) is 3.49. The molecule has 0 aliphatic heterocycles. The summed E-state index contributed by atoms with van der Waals surface area (Å²) in [6.07, 6.45) is 4.38. The van der Waals surface area contributed by atoms with Crippen LogP contribution in [0.4, 0.5) is 0 Å². The molecular weight excluding hydrogens is 324 g/mol. The van der Waals surface area contributed by atoms with Crippen molar-refractivity contribution >= 4 is 15.9 Å². The molecular formula is C18H28N2O3S. The van der Waals surface area contributed by atoms with Gasteiger partial charge in [-0.2, -0.15) is 0 Å². The first-order chi connectivity index (χ1) is 11.2. The second kappa shape index (κ2) is 7.23. The lowest BCUT2D eigenvalue weighted by atomic mass is 10.0. The maximum absolute atomic E-state index is 13.0. The first-order valence-electron chi connectivity index (χ1n) is 8.54. The van der Waals surface area contributed by atoms with Crippen LogP contribution in [0.2, 0.25) is 0 Å². The molecule has 1 aliphatic carbocycles. The number of sulfonamides is 1. The molecule has 0 radical (unpaired) electrons. The van der Waals surface area contributed by atoms with Crippen molar-refractivity contribution < 1.29 is 13.2 Å². The molecule has 1 aromatic carbocycles. The van der Waals surface area contributed by atoms with Crippen LogP contribution < -0.4 is 0 Å². The number of rotatable bonds is 5. The molecule has 5 nitrogen and oxygen atoms in total. The predicted octanol–water partition coefficient (Wildman–Crippen LogP) is 2.96. The molecule has 0 aromatic heterocycles. The Morgan fingerprint density at radius 3 is 2.25 bits per heavy atom. The van der Waals surface area contributed by atoms with Gasteiger partial charge in [0.1, 0.15) is 0 Å². The molecule has 1 aromatic rings. The van der Waals surface area contributed by atoms with Crippen molar-refractivity contribution in [3.05, 3.63) is 28.8 Å². The highest BCUT2D eigenvalue weighted by Crippen LogP contribution is 2.27. The Balaban J connectivity index is 2.47. The summed E-state index contributed by atoms with van der Waals surface area (Å²) in [5, 5.41) is 0.